The third-order valence-corrected chi connectivity index (χ3v) is 2.65. The van der Waals surface area contributed by atoms with Crippen LogP contribution in [-0.2, 0) is 4.74 Å². The van der Waals surface area contributed by atoms with Crippen LogP contribution in [0.3, 0.4) is 0 Å². The summed E-state index contributed by atoms with van der Waals surface area (Å²) in [5.41, 5.74) is 8.17. The Morgan fingerprint density at radius 3 is 3.00 bits per heavy atom. The Labute approximate surface area is 82.6 Å². The number of benzene rings is 1. The van der Waals surface area contributed by atoms with Crippen LogP contribution in [0.4, 0.5) is 0 Å². The lowest BCUT2D eigenvalue weighted by atomic mass is 9.95. The van der Waals surface area contributed by atoms with Gasteiger partial charge in [-0.3, -0.25) is 0 Å². The van der Waals surface area contributed by atoms with Crippen molar-refractivity contribution in [1.29, 1.82) is 0 Å². The van der Waals surface area contributed by atoms with Crippen molar-refractivity contribution in [2.45, 2.75) is 19.1 Å². The molecule has 2 nitrogen and oxygen atoms in total. The zero-order chi connectivity index (χ0) is 9.42. The Morgan fingerprint density at radius 2 is 2.23 bits per heavy atom. The largest absolute Gasteiger partial charge is 0.372 e. The molecule has 0 aromatic heterocycles. The number of halogens is 1. The van der Waals surface area contributed by atoms with Gasteiger partial charge in [-0.25, -0.2) is 0 Å². The molecular weight excluding hydrogens is 186 g/mol. The molecule has 3 heteroatoms. The monoisotopic (exact) mass is 197 g/mol. The van der Waals surface area contributed by atoms with Gasteiger partial charge in [0.1, 0.15) is 0 Å². The van der Waals surface area contributed by atoms with Crippen molar-refractivity contribution in [3.63, 3.8) is 0 Å². The van der Waals surface area contributed by atoms with Gasteiger partial charge in [0.2, 0.25) is 0 Å². The lowest BCUT2D eigenvalue weighted by molar-refractivity contribution is 0.0408. The van der Waals surface area contributed by atoms with Crippen LogP contribution in [0.15, 0.2) is 18.2 Å². The Hall–Kier alpha value is -0.570. The summed E-state index contributed by atoms with van der Waals surface area (Å²) in [4.78, 5) is 0. The molecule has 1 heterocycles. The number of fused-ring (bicyclic) bond motifs is 1. The molecule has 0 amide bonds. The molecule has 1 aromatic rings. The van der Waals surface area contributed by atoms with E-state index in [0.29, 0.717) is 6.61 Å². The van der Waals surface area contributed by atoms with Gasteiger partial charge in [0.15, 0.2) is 0 Å². The summed E-state index contributed by atoms with van der Waals surface area (Å²) in [6, 6.07) is 5.75. The van der Waals surface area contributed by atoms with Gasteiger partial charge in [-0.2, -0.15) is 0 Å². The van der Waals surface area contributed by atoms with Crippen LogP contribution in [0.2, 0.25) is 5.02 Å². The van der Waals surface area contributed by atoms with Crippen LogP contribution < -0.4 is 5.73 Å². The van der Waals surface area contributed by atoms with Gasteiger partial charge in [-0.15, -0.1) is 0 Å². The van der Waals surface area contributed by atoms with Crippen molar-refractivity contribution in [1.82, 2.24) is 0 Å². The normalized spacial score (nSPS) is 27.0. The van der Waals surface area contributed by atoms with Crippen LogP contribution in [-0.4, -0.2) is 6.61 Å². The SMILES string of the molecule is C[C@@H]1OCC(N)c2cc(Cl)ccc21. The fourth-order valence-electron chi connectivity index (χ4n) is 1.66. The van der Waals surface area contributed by atoms with E-state index in [1.165, 1.54) is 0 Å². The predicted octanol–water partition coefficient (Wildman–Crippen LogP) is 2.43. The first kappa shape index (κ1) is 9.00. The molecule has 1 aromatic carbocycles. The molecule has 0 saturated heterocycles. The second-order valence-corrected chi connectivity index (χ2v) is 3.79. The maximum absolute atomic E-state index is 5.89. The van der Waals surface area contributed by atoms with Gasteiger partial charge in [0.25, 0.3) is 0 Å². The maximum Gasteiger partial charge on any atom is 0.0801 e. The van der Waals surface area contributed by atoms with E-state index in [2.05, 4.69) is 0 Å². The highest BCUT2D eigenvalue weighted by Crippen LogP contribution is 2.32. The molecule has 0 radical (unpaired) electrons. The first-order valence-corrected chi connectivity index (χ1v) is 4.73. The highest BCUT2D eigenvalue weighted by molar-refractivity contribution is 6.30. The third kappa shape index (κ3) is 1.57. The number of ether oxygens (including phenoxy) is 1. The molecule has 1 unspecified atom stereocenters. The minimum absolute atomic E-state index is 0.0371. The molecule has 0 spiro atoms. The predicted molar refractivity (Wildman–Crippen MR) is 52.7 cm³/mol. The van der Waals surface area contributed by atoms with Crippen molar-refractivity contribution in [2.24, 2.45) is 5.73 Å². The van der Waals surface area contributed by atoms with Gasteiger partial charge in [0.05, 0.1) is 18.8 Å². The zero-order valence-corrected chi connectivity index (χ0v) is 8.21. The maximum atomic E-state index is 5.89. The minimum atomic E-state index is -0.0371. The van der Waals surface area contributed by atoms with Crippen molar-refractivity contribution >= 4 is 11.6 Å². The highest BCUT2D eigenvalue weighted by atomic mass is 35.5. The molecule has 2 atom stereocenters. The van der Waals surface area contributed by atoms with E-state index >= 15 is 0 Å². The van der Waals surface area contributed by atoms with Crippen molar-refractivity contribution < 1.29 is 4.74 Å². The fourth-order valence-corrected chi connectivity index (χ4v) is 1.85. The van der Waals surface area contributed by atoms with E-state index in [9.17, 15) is 0 Å². The number of rotatable bonds is 0. The summed E-state index contributed by atoms with van der Waals surface area (Å²) >= 11 is 5.89. The molecule has 13 heavy (non-hydrogen) atoms. The van der Waals surface area contributed by atoms with Crippen molar-refractivity contribution in [2.75, 3.05) is 6.61 Å². The van der Waals surface area contributed by atoms with E-state index < -0.39 is 0 Å². The number of nitrogens with two attached hydrogens (primary N) is 1. The lowest BCUT2D eigenvalue weighted by Gasteiger charge is -2.27. The topological polar surface area (TPSA) is 35.2 Å². The molecule has 0 aliphatic carbocycles. The molecule has 0 saturated carbocycles. The average Bonchev–Trinajstić information content (AvgIpc) is 2.12. The van der Waals surface area contributed by atoms with Crippen LogP contribution in [0.5, 0.6) is 0 Å². The Bertz CT molecular complexity index is 327. The van der Waals surface area contributed by atoms with Gasteiger partial charge in [-0.05, 0) is 30.2 Å². The van der Waals surface area contributed by atoms with E-state index in [1.807, 2.05) is 25.1 Å². The summed E-state index contributed by atoms with van der Waals surface area (Å²) < 4.78 is 5.49. The summed E-state index contributed by atoms with van der Waals surface area (Å²) in [7, 11) is 0. The van der Waals surface area contributed by atoms with Crippen LogP contribution in [0.25, 0.3) is 0 Å². The van der Waals surface area contributed by atoms with E-state index in [1.54, 1.807) is 0 Å². The van der Waals surface area contributed by atoms with Crippen LogP contribution in [0.1, 0.15) is 30.2 Å². The molecule has 2 rings (SSSR count). The second kappa shape index (κ2) is 3.29. The second-order valence-electron chi connectivity index (χ2n) is 3.36. The first-order chi connectivity index (χ1) is 6.18. The first-order valence-electron chi connectivity index (χ1n) is 4.35. The fraction of sp³-hybridized carbons (Fsp3) is 0.400. The number of hydrogen-bond acceptors (Lipinski definition) is 2. The zero-order valence-electron chi connectivity index (χ0n) is 7.46. The Balaban J connectivity index is 2.50. The molecule has 0 bridgehead atoms. The van der Waals surface area contributed by atoms with Crippen LogP contribution >= 0.6 is 11.6 Å². The summed E-state index contributed by atoms with van der Waals surface area (Å²) in [5, 5.41) is 0.739. The lowest BCUT2D eigenvalue weighted by Crippen LogP contribution is -2.25. The molecule has 1 aliphatic heterocycles. The quantitative estimate of drug-likeness (QED) is 0.694. The van der Waals surface area contributed by atoms with Crippen LogP contribution in [0, 0.1) is 0 Å². The average molecular weight is 198 g/mol. The van der Waals surface area contributed by atoms with E-state index in [0.717, 1.165) is 16.1 Å². The minimum Gasteiger partial charge on any atom is -0.372 e. The summed E-state index contributed by atoms with van der Waals surface area (Å²) in [5.74, 6) is 0. The molecular formula is C10H12ClNO. The van der Waals surface area contributed by atoms with Gasteiger partial charge < -0.3 is 10.5 Å². The van der Waals surface area contributed by atoms with Gasteiger partial charge >= 0.3 is 0 Å². The third-order valence-electron chi connectivity index (χ3n) is 2.41. The van der Waals surface area contributed by atoms with Gasteiger partial charge in [-0.1, -0.05) is 17.7 Å². The Kier molecular flexibility index (Phi) is 2.28. The summed E-state index contributed by atoms with van der Waals surface area (Å²) in [6.07, 6.45) is 0.132. The summed E-state index contributed by atoms with van der Waals surface area (Å²) in [6.45, 7) is 2.60. The molecule has 2 N–H and O–H groups in total. The van der Waals surface area contributed by atoms with Crippen molar-refractivity contribution in [3.8, 4) is 0 Å². The molecule has 1 aliphatic rings. The van der Waals surface area contributed by atoms with E-state index in [4.69, 9.17) is 22.1 Å². The highest BCUT2D eigenvalue weighted by Gasteiger charge is 2.22. The van der Waals surface area contributed by atoms with Gasteiger partial charge in [0, 0.05) is 5.02 Å². The van der Waals surface area contributed by atoms with E-state index in [-0.39, 0.29) is 12.1 Å². The molecule has 70 valence electrons. The standard InChI is InChI=1S/C10H12ClNO/c1-6-8-3-2-7(11)4-9(8)10(12)5-13-6/h2-4,6,10H,5,12H2,1H3/t6-,10?/m0/s1. The van der Waals surface area contributed by atoms with Crippen molar-refractivity contribution in [3.05, 3.63) is 34.3 Å². The smallest absolute Gasteiger partial charge is 0.0801 e. The Morgan fingerprint density at radius 1 is 1.46 bits per heavy atom. The molecule has 0 fully saturated rings. The number of hydrogen-bond donors (Lipinski definition) is 1.